The first-order valence-corrected chi connectivity index (χ1v) is 10.4. The number of aliphatic hydroxyl groups is 1. The summed E-state index contributed by atoms with van der Waals surface area (Å²) in [4.78, 5) is 9.98. The van der Waals surface area contributed by atoms with E-state index in [1.165, 1.54) is 6.20 Å². The molecule has 27 heavy (non-hydrogen) atoms. The minimum Gasteiger partial charge on any atom is -0.390 e. The number of aromatic nitrogens is 2. The van der Waals surface area contributed by atoms with Crippen molar-refractivity contribution in [1.82, 2.24) is 9.97 Å². The molecule has 1 N–H and O–H groups in total. The summed E-state index contributed by atoms with van der Waals surface area (Å²) in [5.74, 6) is -0.341. The molecule has 1 aromatic heterocycles. The highest BCUT2D eigenvalue weighted by atomic mass is 32.2. The zero-order chi connectivity index (χ0) is 19.3. The van der Waals surface area contributed by atoms with Gasteiger partial charge in [0, 0.05) is 32.1 Å². The van der Waals surface area contributed by atoms with E-state index in [9.17, 15) is 8.42 Å². The SMILES string of the molecule is O=S(=O)(COCC1COCCO1)C1(F)CCN(c2nccc(CO)n2)CC1. The molecule has 0 bridgehead atoms. The van der Waals surface area contributed by atoms with Crippen molar-refractivity contribution >= 4 is 15.8 Å². The molecule has 9 nitrogen and oxygen atoms in total. The van der Waals surface area contributed by atoms with Crippen LogP contribution in [0.15, 0.2) is 12.3 Å². The lowest BCUT2D eigenvalue weighted by Gasteiger charge is -2.35. The maximum atomic E-state index is 15.1. The van der Waals surface area contributed by atoms with Crippen molar-refractivity contribution in [2.24, 2.45) is 0 Å². The fraction of sp³-hybridized carbons (Fsp3) is 0.750. The van der Waals surface area contributed by atoms with Gasteiger partial charge >= 0.3 is 0 Å². The van der Waals surface area contributed by atoms with Crippen LogP contribution in [0, 0.1) is 0 Å². The standard InChI is InChI=1S/C16H24FN3O6S/c17-16(27(22,23)12-25-11-14-10-24-7-8-26-14)2-5-20(6-3-16)15-18-4-1-13(9-21)19-15/h1,4,14,21H,2-3,5-12H2. The van der Waals surface area contributed by atoms with Gasteiger partial charge in [0.15, 0.2) is 5.94 Å². The van der Waals surface area contributed by atoms with Gasteiger partial charge in [0.2, 0.25) is 20.8 Å². The number of aliphatic hydroxyl groups excluding tert-OH is 1. The molecule has 0 aliphatic carbocycles. The normalized spacial score (nSPS) is 23.3. The molecule has 0 saturated carbocycles. The number of ether oxygens (including phenoxy) is 3. The second kappa shape index (κ2) is 8.74. The zero-order valence-corrected chi connectivity index (χ0v) is 15.7. The maximum Gasteiger partial charge on any atom is 0.225 e. The van der Waals surface area contributed by atoms with Gasteiger partial charge in [-0.15, -0.1) is 0 Å². The Kier molecular flexibility index (Phi) is 6.58. The van der Waals surface area contributed by atoms with Crippen LogP contribution < -0.4 is 4.90 Å². The highest BCUT2D eigenvalue weighted by Gasteiger charge is 2.47. The average molecular weight is 405 g/mol. The number of sulfone groups is 1. The number of halogens is 1. The van der Waals surface area contributed by atoms with E-state index in [1.54, 1.807) is 11.0 Å². The van der Waals surface area contributed by atoms with Gasteiger partial charge in [-0.25, -0.2) is 22.8 Å². The van der Waals surface area contributed by atoms with Crippen LogP contribution in [0.1, 0.15) is 18.5 Å². The summed E-state index contributed by atoms with van der Waals surface area (Å²) in [6.07, 6.45) is 0.776. The summed E-state index contributed by atoms with van der Waals surface area (Å²) < 4.78 is 55.8. The maximum absolute atomic E-state index is 15.1. The third-order valence-electron chi connectivity index (χ3n) is 4.64. The first-order valence-electron chi connectivity index (χ1n) is 8.79. The van der Waals surface area contributed by atoms with Crippen LogP contribution in [-0.4, -0.2) is 80.1 Å². The zero-order valence-electron chi connectivity index (χ0n) is 14.9. The molecule has 0 spiro atoms. The van der Waals surface area contributed by atoms with Crippen molar-refractivity contribution in [3.05, 3.63) is 18.0 Å². The Hall–Kier alpha value is -1.40. The van der Waals surface area contributed by atoms with Crippen LogP contribution in [0.2, 0.25) is 0 Å². The van der Waals surface area contributed by atoms with Gasteiger partial charge in [-0.2, -0.15) is 0 Å². The van der Waals surface area contributed by atoms with Crippen molar-refractivity contribution in [3.8, 4) is 0 Å². The van der Waals surface area contributed by atoms with Gasteiger partial charge in [-0.1, -0.05) is 0 Å². The van der Waals surface area contributed by atoms with E-state index in [4.69, 9.17) is 19.3 Å². The fourth-order valence-electron chi connectivity index (χ4n) is 3.00. The van der Waals surface area contributed by atoms with Crippen LogP contribution in [0.25, 0.3) is 0 Å². The molecule has 3 rings (SSSR count). The number of hydrogen-bond acceptors (Lipinski definition) is 9. The van der Waals surface area contributed by atoms with Crippen LogP contribution >= 0.6 is 0 Å². The summed E-state index contributed by atoms with van der Waals surface area (Å²) in [5.41, 5.74) is 0.451. The minimum atomic E-state index is -4.09. The molecule has 2 fully saturated rings. The Morgan fingerprint density at radius 2 is 2.15 bits per heavy atom. The van der Waals surface area contributed by atoms with Crippen molar-refractivity contribution in [2.75, 3.05) is 50.4 Å². The topological polar surface area (TPSA) is 111 Å². The first kappa shape index (κ1) is 20.3. The molecule has 1 atom stereocenters. The molecule has 0 aromatic carbocycles. The largest absolute Gasteiger partial charge is 0.390 e. The molecule has 0 amide bonds. The summed E-state index contributed by atoms with van der Waals surface area (Å²) in [7, 11) is -4.09. The number of hydrogen-bond donors (Lipinski definition) is 1. The minimum absolute atomic E-state index is 0.0449. The van der Waals surface area contributed by atoms with Gasteiger partial charge in [0.25, 0.3) is 0 Å². The van der Waals surface area contributed by atoms with Crippen molar-refractivity contribution in [1.29, 1.82) is 0 Å². The summed E-state index contributed by atoms with van der Waals surface area (Å²) >= 11 is 0. The van der Waals surface area contributed by atoms with Gasteiger partial charge in [0.05, 0.1) is 38.7 Å². The van der Waals surface area contributed by atoms with Gasteiger partial charge in [-0.05, 0) is 6.07 Å². The van der Waals surface area contributed by atoms with Crippen LogP contribution in [0.3, 0.4) is 0 Å². The second-order valence-corrected chi connectivity index (χ2v) is 8.74. The van der Waals surface area contributed by atoms with E-state index in [1.807, 2.05) is 0 Å². The number of anilines is 1. The lowest BCUT2D eigenvalue weighted by Crippen LogP contribution is -2.48. The van der Waals surface area contributed by atoms with Gasteiger partial charge < -0.3 is 24.2 Å². The van der Waals surface area contributed by atoms with Crippen molar-refractivity contribution < 1.29 is 32.1 Å². The molecule has 152 valence electrons. The third-order valence-corrected chi connectivity index (χ3v) is 6.64. The summed E-state index contributed by atoms with van der Waals surface area (Å²) in [6.45, 7) is 1.41. The Balaban J connectivity index is 1.53. The van der Waals surface area contributed by atoms with E-state index >= 15 is 4.39 Å². The van der Waals surface area contributed by atoms with E-state index in [0.29, 0.717) is 31.5 Å². The predicted octanol–water partition coefficient (Wildman–Crippen LogP) is 0.0392. The highest BCUT2D eigenvalue weighted by molar-refractivity contribution is 7.92. The molecular formula is C16H24FN3O6S. The lowest BCUT2D eigenvalue weighted by molar-refractivity contribution is -0.111. The molecule has 3 heterocycles. The van der Waals surface area contributed by atoms with E-state index in [0.717, 1.165) is 0 Å². The smallest absolute Gasteiger partial charge is 0.225 e. The number of rotatable bonds is 7. The molecule has 1 aromatic rings. The Morgan fingerprint density at radius 1 is 1.37 bits per heavy atom. The molecule has 11 heteroatoms. The molecule has 2 aliphatic heterocycles. The van der Waals surface area contributed by atoms with Crippen LogP contribution in [-0.2, 0) is 30.7 Å². The predicted molar refractivity (Wildman–Crippen MR) is 93.5 cm³/mol. The number of alkyl halides is 1. The Labute approximate surface area is 157 Å². The van der Waals surface area contributed by atoms with Crippen molar-refractivity contribution in [2.45, 2.75) is 30.6 Å². The molecule has 2 aliphatic rings. The molecule has 2 saturated heterocycles. The van der Waals surface area contributed by atoms with Crippen LogP contribution in [0.5, 0.6) is 0 Å². The van der Waals surface area contributed by atoms with Crippen molar-refractivity contribution in [3.63, 3.8) is 0 Å². The third kappa shape index (κ3) is 4.91. The lowest BCUT2D eigenvalue weighted by atomic mass is 10.1. The number of nitrogens with zero attached hydrogens (tertiary/aromatic N) is 3. The van der Waals surface area contributed by atoms with E-state index in [-0.39, 0.29) is 45.2 Å². The quantitative estimate of drug-likeness (QED) is 0.672. The van der Waals surface area contributed by atoms with Crippen LogP contribution in [0.4, 0.5) is 10.3 Å². The van der Waals surface area contributed by atoms with Gasteiger partial charge in [0.1, 0.15) is 6.10 Å². The van der Waals surface area contributed by atoms with E-state index < -0.39 is 20.8 Å². The van der Waals surface area contributed by atoms with E-state index in [2.05, 4.69) is 9.97 Å². The fourth-order valence-corrected chi connectivity index (χ4v) is 4.34. The highest BCUT2D eigenvalue weighted by Crippen LogP contribution is 2.34. The summed E-state index contributed by atoms with van der Waals surface area (Å²) in [6, 6.07) is 1.58. The number of piperidine rings is 1. The van der Waals surface area contributed by atoms with Gasteiger partial charge in [-0.3, -0.25) is 0 Å². The second-order valence-electron chi connectivity index (χ2n) is 6.55. The first-order chi connectivity index (χ1) is 12.9. The summed E-state index contributed by atoms with van der Waals surface area (Å²) in [5, 5.41) is 6.80. The average Bonchev–Trinajstić information content (AvgIpc) is 2.69. The molecular weight excluding hydrogens is 381 g/mol. The Morgan fingerprint density at radius 3 is 2.81 bits per heavy atom. The Bertz CT molecular complexity index is 721. The molecule has 1 unspecified atom stereocenters. The molecule has 0 radical (unpaired) electrons. The monoisotopic (exact) mass is 405 g/mol.